The Hall–Kier alpha value is -1.62. The molecule has 0 bridgehead atoms. The molecule has 0 saturated carbocycles. The zero-order chi connectivity index (χ0) is 39.3. The molecule has 0 aliphatic rings. The maximum atomic E-state index is 12.6. The summed E-state index contributed by atoms with van der Waals surface area (Å²) in [5.41, 5.74) is 0. The van der Waals surface area contributed by atoms with Crippen LogP contribution in [-0.4, -0.2) is 37.9 Å². The van der Waals surface area contributed by atoms with Gasteiger partial charge in [0.15, 0.2) is 6.10 Å². The zero-order valence-corrected chi connectivity index (χ0v) is 36.5. The summed E-state index contributed by atoms with van der Waals surface area (Å²) in [7, 11) is 0. The van der Waals surface area contributed by atoms with Crippen LogP contribution in [0.3, 0.4) is 0 Å². The van der Waals surface area contributed by atoms with Gasteiger partial charge in [-0.15, -0.1) is 0 Å². The summed E-state index contributed by atoms with van der Waals surface area (Å²) >= 11 is 0. The van der Waals surface area contributed by atoms with Crippen molar-refractivity contribution < 1.29 is 23.8 Å². The predicted octanol–water partition coefficient (Wildman–Crippen LogP) is 15.7. The number of esters is 2. The topological polar surface area (TPSA) is 61.8 Å². The highest BCUT2D eigenvalue weighted by atomic mass is 16.6. The molecule has 0 N–H and O–H groups in total. The molecule has 5 nitrogen and oxygen atoms in total. The van der Waals surface area contributed by atoms with E-state index >= 15 is 0 Å². The summed E-state index contributed by atoms with van der Waals surface area (Å²) in [6, 6.07) is 0. The van der Waals surface area contributed by atoms with Gasteiger partial charge >= 0.3 is 11.9 Å². The lowest BCUT2D eigenvalue weighted by atomic mass is 10.0. The molecule has 5 heteroatoms. The number of ether oxygens (including phenoxy) is 3. The maximum Gasteiger partial charge on any atom is 0.306 e. The summed E-state index contributed by atoms with van der Waals surface area (Å²) in [5, 5.41) is 0. The van der Waals surface area contributed by atoms with Crippen LogP contribution in [-0.2, 0) is 23.8 Å². The first kappa shape index (κ1) is 52.4. The van der Waals surface area contributed by atoms with Crippen molar-refractivity contribution in [2.75, 3.05) is 19.8 Å². The van der Waals surface area contributed by atoms with Gasteiger partial charge < -0.3 is 14.2 Å². The lowest BCUT2D eigenvalue weighted by Gasteiger charge is -2.18. The molecule has 0 heterocycles. The number of hydrogen-bond donors (Lipinski definition) is 0. The lowest BCUT2D eigenvalue weighted by Crippen LogP contribution is -2.30. The van der Waals surface area contributed by atoms with Gasteiger partial charge in [0.25, 0.3) is 0 Å². The van der Waals surface area contributed by atoms with Crippen LogP contribution in [0.2, 0.25) is 0 Å². The smallest absolute Gasteiger partial charge is 0.306 e. The second kappa shape index (κ2) is 45.8. The molecule has 0 aromatic rings. The normalized spacial score (nSPS) is 12.3. The van der Waals surface area contributed by atoms with E-state index in [1.54, 1.807) is 0 Å². The van der Waals surface area contributed by atoms with Crippen LogP contribution in [0.25, 0.3) is 0 Å². The number of carbonyl (C=O) groups is 2. The average molecular weight is 761 g/mol. The van der Waals surface area contributed by atoms with Crippen molar-refractivity contribution in [1.29, 1.82) is 0 Å². The monoisotopic (exact) mass is 761 g/mol. The highest BCUT2D eigenvalue weighted by Gasteiger charge is 2.17. The first-order chi connectivity index (χ1) is 26.6. The van der Waals surface area contributed by atoms with Crippen molar-refractivity contribution in [2.45, 2.75) is 258 Å². The third-order valence-electron chi connectivity index (χ3n) is 10.5. The minimum absolute atomic E-state index is 0.0873. The zero-order valence-electron chi connectivity index (χ0n) is 36.5. The molecule has 54 heavy (non-hydrogen) atoms. The Kier molecular flexibility index (Phi) is 44.4. The summed E-state index contributed by atoms with van der Waals surface area (Å²) in [6.45, 7) is 7.75. The van der Waals surface area contributed by atoms with Crippen molar-refractivity contribution in [3.63, 3.8) is 0 Å². The van der Waals surface area contributed by atoms with Crippen LogP contribution < -0.4 is 0 Å². The van der Waals surface area contributed by atoms with E-state index in [4.69, 9.17) is 14.2 Å². The molecule has 318 valence electrons. The van der Waals surface area contributed by atoms with E-state index in [9.17, 15) is 9.59 Å². The number of rotatable bonds is 44. The van der Waals surface area contributed by atoms with E-state index in [2.05, 4.69) is 45.1 Å². The number of carbonyl (C=O) groups excluding carboxylic acids is 2. The molecule has 0 saturated heterocycles. The SMILES string of the molecule is CCC/C=C\C/C=C\CCCCCCCCOCC(COC(=O)CCCCCCCCCCCCCCCCCCC)OC(=O)CCCCCCCCC. The Morgan fingerprint density at radius 2 is 0.815 bits per heavy atom. The highest BCUT2D eigenvalue weighted by Crippen LogP contribution is 2.15. The minimum atomic E-state index is -0.531. The Morgan fingerprint density at radius 3 is 1.30 bits per heavy atom. The predicted molar refractivity (Wildman–Crippen MR) is 233 cm³/mol. The van der Waals surface area contributed by atoms with E-state index in [-0.39, 0.29) is 25.2 Å². The molecular weight excluding hydrogens is 669 g/mol. The van der Waals surface area contributed by atoms with E-state index in [1.165, 1.54) is 173 Å². The van der Waals surface area contributed by atoms with E-state index in [1.807, 2.05) is 0 Å². The van der Waals surface area contributed by atoms with Gasteiger partial charge in [0.2, 0.25) is 0 Å². The molecule has 0 fully saturated rings. The van der Waals surface area contributed by atoms with Crippen LogP contribution >= 0.6 is 0 Å². The summed E-state index contributed by atoms with van der Waals surface area (Å²) in [6.07, 6.45) is 51.9. The molecule has 1 unspecified atom stereocenters. The summed E-state index contributed by atoms with van der Waals surface area (Å²) in [4.78, 5) is 25.2. The van der Waals surface area contributed by atoms with Crippen molar-refractivity contribution in [3.05, 3.63) is 24.3 Å². The molecule has 0 radical (unpaired) electrons. The Balaban J connectivity index is 4.09. The van der Waals surface area contributed by atoms with Crippen LogP contribution in [0.1, 0.15) is 252 Å². The molecule has 0 aromatic heterocycles. The van der Waals surface area contributed by atoms with E-state index in [0.717, 1.165) is 44.9 Å². The van der Waals surface area contributed by atoms with Crippen molar-refractivity contribution in [3.8, 4) is 0 Å². The molecular formula is C49H92O5. The highest BCUT2D eigenvalue weighted by molar-refractivity contribution is 5.70. The van der Waals surface area contributed by atoms with Gasteiger partial charge in [0, 0.05) is 19.4 Å². The first-order valence-electron chi connectivity index (χ1n) is 23.9. The van der Waals surface area contributed by atoms with Gasteiger partial charge in [0.1, 0.15) is 6.61 Å². The third-order valence-corrected chi connectivity index (χ3v) is 10.5. The lowest BCUT2D eigenvalue weighted by molar-refractivity contribution is -0.163. The van der Waals surface area contributed by atoms with Gasteiger partial charge in [-0.25, -0.2) is 0 Å². The molecule has 0 aliphatic carbocycles. The molecule has 0 spiro atoms. The number of allylic oxidation sites excluding steroid dienone is 4. The van der Waals surface area contributed by atoms with Gasteiger partial charge in [-0.05, 0) is 44.9 Å². The summed E-state index contributed by atoms with van der Waals surface area (Å²) in [5.74, 6) is -0.396. The van der Waals surface area contributed by atoms with Gasteiger partial charge in [-0.3, -0.25) is 9.59 Å². The third kappa shape index (κ3) is 43.1. The summed E-state index contributed by atoms with van der Waals surface area (Å²) < 4.78 is 17.3. The average Bonchev–Trinajstić information content (AvgIpc) is 3.17. The van der Waals surface area contributed by atoms with Crippen molar-refractivity contribution in [1.82, 2.24) is 0 Å². The van der Waals surface area contributed by atoms with Crippen LogP contribution in [0.5, 0.6) is 0 Å². The largest absolute Gasteiger partial charge is 0.462 e. The fraction of sp³-hybridized carbons (Fsp3) is 0.878. The van der Waals surface area contributed by atoms with Crippen molar-refractivity contribution in [2.24, 2.45) is 0 Å². The van der Waals surface area contributed by atoms with Crippen LogP contribution in [0, 0.1) is 0 Å². The van der Waals surface area contributed by atoms with Crippen LogP contribution in [0.15, 0.2) is 24.3 Å². The maximum absolute atomic E-state index is 12.6. The minimum Gasteiger partial charge on any atom is -0.462 e. The van der Waals surface area contributed by atoms with E-state index in [0.29, 0.717) is 19.4 Å². The van der Waals surface area contributed by atoms with Gasteiger partial charge in [-0.1, -0.05) is 218 Å². The fourth-order valence-corrected chi connectivity index (χ4v) is 6.90. The van der Waals surface area contributed by atoms with Gasteiger partial charge in [0.05, 0.1) is 6.61 Å². The quantitative estimate of drug-likeness (QED) is 0.0352. The Morgan fingerprint density at radius 1 is 0.407 bits per heavy atom. The van der Waals surface area contributed by atoms with Crippen molar-refractivity contribution >= 4 is 11.9 Å². The molecule has 0 amide bonds. The molecule has 0 aliphatic heterocycles. The second-order valence-electron chi connectivity index (χ2n) is 16.0. The van der Waals surface area contributed by atoms with E-state index < -0.39 is 6.10 Å². The molecule has 1 atom stereocenters. The first-order valence-corrected chi connectivity index (χ1v) is 23.9. The fourth-order valence-electron chi connectivity index (χ4n) is 6.90. The van der Waals surface area contributed by atoms with Crippen LogP contribution in [0.4, 0.5) is 0 Å². The Bertz CT molecular complexity index is 821. The number of unbranched alkanes of at least 4 members (excludes halogenated alkanes) is 29. The molecule has 0 aromatic carbocycles. The van der Waals surface area contributed by atoms with Gasteiger partial charge in [-0.2, -0.15) is 0 Å². The standard InChI is InChI=1S/C49H92O5/c1-4-7-10-13-16-18-20-22-24-25-26-27-29-31-34-36-39-42-48(50)53-46-47(54-49(51)43-40-37-33-15-12-9-6-3)45-52-44-41-38-35-32-30-28-23-21-19-17-14-11-8-5-2/h11,14,19,21,47H,4-10,12-13,15-18,20,22-46H2,1-3H3/b14-11-,21-19-. The second-order valence-corrected chi connectivity index (χ2v) is 16.0. The Labute approximate surface area is 337 Å². The molecule has 0 rings (SSSR count). The number of hydrogen-bond acceptors (Lipinski definition) is 5.